The SMILES string of the molecule is Cc1ccc(O)c(C)c1-n1c(N)c(C(N)=O)c2nnc(-c3ccn[nH]3)cc21. The van der Waals surface area contributed by atoms with Crippen LogP contribution in [0.3, 0.4) is 0 Å². The molecule has 0 aliphatic heterocycles. The topological polar surface area (TPSA) is 149 Å². The first kappa shape index (κ1) is 16.6. The van der Waals surface area contributed by atoms with Gasteiger partial charge in [0.25, 0.3) is 5.91 Å². The Hall–Kier alpha value is -3.88. The molecular weight excluding hydrogens is 346 g/mol. The van der Waals surface area contributed by atoms with Crippen LogP contribution in [0.25, 0.3) is 28.1 Å². The van der Waals surface area contributed by atoms with Crippen LogP contribution in [0.1, 0.15) is 21.5 Å². The van der Waals surface area contributed by atoms with E-state index in [2.05, 4.69) is 20.4 Å². The van der Waals surface area contributed by atoms with Crippen molar-refractivity contribution in [3.05, 3.63) is 47.2 Å². The number of aromatic hydroxyl groups is 1. The van der Waals surface area contributed by atoms with E-state index in [0.717, 1.165) is 5.56 Å². The number of nitrogens with two attached hydrogens (primary N) is 2. The molecular formula is C18H17N7O2. The van der Waals surface area contributed by atoms with E-state index < -0.39 is 5.91 Å². The molecule has 0 aliphatic rings. The highest BCUT2D eigenvalue weighted by Gasteiger charge is 2.24. The molecule has 6 N–H and O–H groups in total. The summed E-state index contributed by atoms with van der Waals surface area (Å²) in [6.45, 7) is 3.67. The van der Waals surface area contributed by atoms with Gasteiger partial charge in [-0.15, -0.1) is 10.2 Å². The molecule has 4 rings (SSSR count). The van der Waals surface area contributed by atoms with Gasteiger partial charge in [-0.05, 0) is 37.6 Å². The van der Waals surface area contributed by atoms with Gasteiger partial charge in [0.15, 0.2) is 0 Å². The second-order valence-electron chi connectivity index (χ2n) is 6.27. The fourth-order valence-electron chi connectivity index (χ4n) is 3.28. The fourth-order valence-corrected chi connectivity index (χ4v) is 3.28. The molecule has 4 aromatic rings. The van der Waals surface area contributed by atoms with Gasteiger partial charge < -0.3 is 16.6 Å². The zero-order chi connectivity index (χ0) is 19.3. The van der Waals surface area contributed by atoms with Crippen molar-refractivity contribution in [2.75, 3.05) is 5.73 Å². The van der Waals surface area contributed by atoms with Crippen molar-refractivity contribution in [1.82, 2.24) is 25.0 Å². The summed E-state index contributed by atoms with van der Waals surface area (Å²) in [6, 6.07) is 6.89. The molecule has 9 heteroatoms. The van der Waals surface area contributed by atoms with E-state index in [0.29, 0.717) is 33.7 Å². The number of aromatic amines is 1. The minimum Gasteiger partial charge on any atom is -0.508 e. The smallest absolute Gasteiger partial charge is 0.254 e. The monoisotopic (exact) mass is 363 g/mol. The quantitative estimate of drug-likeness (QED) is 0.436. The normalized spacial score (nSPS) is 11.2. The summed E-state index contributed by atoms with van der Waals surface area (Å²) in [5, 5.41) is 25.3. The van der Waals surface area contributed by atoms with Crippen LogP contribution < -0.4 is 11.5 Å². The number of hydrogen-bond acceptors (Lipinski definition) is 6. The number of benzene rings is 1. The lowest BCUT2D eigenvalue weighted by atomic mass is 10.1. The molecule has 0 fully saturated rings. The van der Waals surface area contributed by atoms with Crippen LogP contribution >= 0.6 is 0 Å². The van der Waals surface area contributed by atoms with Crippen LogP contribution in [-0.4, -0.2) is 36.0 Å². The molecule has 3 heterocycles. The molecule has 27 heavy (non-hydrogen) atoms. The number of aromatic nitrogens is 5. The van der Waals surface area contributed by atoms with Crippen LogP contribution in [0.2, 0.25) is 0 Å². The van der Waals surface area contributed by atoms with E-state index in [1.165, 1.54) is 0 Å². The second-order valence-corrected chi connectivity index (χ2v) is 6.27. The number of aryl methyl sites for hydroxylation is 1. The number of carbonyl (C=O) groups excluding carboxylic acids is 1. The molecule has 136 valence electrons. The molecule has 1 aromatic carbocycles. The molecule has 0 saturated heterocycles. The molecule has 0 saturated carbocycles. The van der Waals surface area contributed by atoms with Crippen molar-refractivity contribution in [3.63, 3.8) is 0 Å². The number of rotatable bonds is 3. The van der Waals surface area contributed by atoms with Gasteiger partial charge in [0.2, 0.25) is 0 Å². The summed E-state index contributed by atoms with van der Waals surface area (Å²) in [5.41, 5.74) is 16.1. The van der Waals surface area contributed by atoms with Crippen molar-refractivity contribution in [2.45, 2.75) is 13.8 Å². The van der Waals surface area contributed by atoms with Gasteiger partial charge in [-0.25, -0.2) is 0 Å². The number of phenolic OH excluding ortho intramolecular Hbond substituents is 1. The Kier molecular flexibility index (Phi) is 3.58. The van der Waals surface area contributed by atoms with E-state index in [9.17, 15) is 9.90 Å². The number of amides is 1. The van der Waals surface area contributed by atoms with Crippen molar-refractivity contribution in [3.8, 4) is 22.8 Å². The lowest BCUT2D eigenvalue weighted by Crippen LogP contribution is -2.14. The first-order chi connectivity index (χ1) is 12.9. The third kappa shape index (κ3) is 2.40. The van der Waals surface area contributed by atoms with Crippen LogP contribution in [0, 0.1) is 13.8 Å². The van der Waals surface area contributed by atoms with Gasteiger partial charge in [-0.2, -0.15) is 5.10 Å². The van der Waals surface area contributed by atoms with Crippen LogP contribution in [0.4, 0.5) is 5.82 Å². The Bertz CT molecular complexity index is 1190. The fraction of sp³-hybridized carbons (Fsp3) is 0.111. The maximum atomic E-state index is 12.0. The summed E-state index contributed by atoms with van der Waals surface area (Å²) in [7, 11) is 0. The van der Waals surface area contributed by atoms with Gasteiger partial charge in [-0.1, -0.05) is 6.07 Å². The van der Waals surface area contributed by atoms with Crippen molar-refractivity contribution < 1.29 is 9.90 Å². The highest BCUT2D eigenvalue weighted by Crippen LogP contribution is 2.36. The van der Waals surface area contributed by atoms with Crippen LogP contribution in [-0.2, 0) is 0 Å². The number of nitrogens with one attached hydrogen (secondary N) is 1. The molecule has 0 spiro atoms. The van der Waals surface area contributed by atoms with E-state index >= 15 is 0 Å². The molecule has 3 aromatic heterocycles. The summed E-state index contributed by atoms with van der Waals surface area (Å²) in [5.74, 6) is -0.436. The van der Waals surface area contributed by atoms with E-state index in [1.54, 1.807) is 42.0 Å². The second kappa shape index (κ2) is 5.84. The van der Waals surface area contributed by atoms with Crippen molar-refractivity contribution >= 4 is 22.8 Å². The summed E-state index contributed by atoms with van der Waals surface area (Å²) in [4.78, 5) is 12.0. The summed E-state index contributed by atoms with van der Waals surface area (Å²) < 4.78 is 1.67. The van der Waals surface area contributed by atoms with Gasteiger partial charge in [0.1, 0.15) is 28.3 Å². The predicted molar refractivity (Wildman–Crippen MR) is 101 cm³/mol. The predicted octanol–water partition coefficient (Wildman–Crippen LogP) is 1.81. The number of nitrogens with zero attached hydrogens (tertiary/aromatic N) is 4. The number of fused-ring (bicyclic) bond motifs is 1. The first-order valence-corrected chi connectivity index (χ1v) is 8.16. The lowest BCUT2D eigenvalue weighted by molar-refractivity contribution is 0.100. The number of anilines is 1. The Morgan fingerprint density at radius 1 is 1.22 bits per heavy atom. The largest absolute Gasteiger partial charge is 0.508 e. The molecule has 9 nitrogen and oxygen atoms in total. The van der Waals surface area contributed by atoms with Crippen molar-refractivity contribution in [2.24, 2.45) is 5.73 Å². The third-order valence-electron chi connectivity index (χ3n) is 4.60. The molecule has 0 radical (unpaired) electrons. The molecule has 0 unspecified atom stereocenters. The van der Waals surface area contributed by atoms with Crippen molar-refractivity contribution in [1.29, 1.82) is 0 Å². The number of carbonyl (C=O) groups is 1. The minimum absolute atomic E-state index is 0.0933. The molecule has 0 atom stereocenters. The zero-order valence-corrected chi connectivity index (χ0v) is 14.7. The van der Waals surface area contributed by atoms with Gasteiger partial charge in [-0.3, -0.25) is 14.5 Å². The van der Waals surface area contributed by atoms with E-state index in [1.807, 2.05) is 6.92 Å². The number of H-pyrrole nitrogens is 1. The Morgan fingerprint density at radius 3 is 2.67 bits per heavy atom. The summed E-state index contributed by atoms with van der Waals surface area (Å²) in [6.07, 6.45) is 1.60. The van der Waals surface area contributed by atoms with E-state index in [4.69, 9.17) is 11.5 Å². The van der Waals surface area contributed by atoms with Gasteiger partial charge in [0, 0.05) is 11.8 Å². The molecule has 0 aliphatic carbocycles. The summed E-state index contributed by atoms with van der Waals surface area (Å²) >= 11 is 0. The highest BCUT2D eigenvalue weighted by molar-refractivity contribution is 6.10. The average molecular weight is 363 g/mol. The van der Waals surface area contributed by atoms with E-state index in [-0.39, 0.29) is 17.1 Å². The standard InChI is InChI=1S/C18H17N7O2/c1-8-3-4-13(26)9(2)16(8)25-12-7-11(10-5-6-21-22-10)23-24-15(12)14(17(25)19)18(20)27/h3-7,26H,19H2,1-2H3,(H2,20,27)(H,21,22). The van der Waals surface area contributed by atoms with Gasteiger partial charge >= 0.3 is 0 Å². The zero-order valence-electron chi connectivity index (χ0n) is 14.7. The van der Waals surface area contributed by atoms with Crippen LogP contribution in [0.5, 0.6) is 5.75 Å². The average Bonchev–Trinajstić information content (AvgIpc) is 3.25. The van der Waals surface area contributed by atoms with Crippen LogP contribution in [0.15, 0.2) is 30.5 Å². The molecule has 1 amide bonds. The Labute approximate surface area is 153 Å². The molecule has 0 bridgehead atoms. The maximum absolute atomic E-state index is 12.0. The highest BCUT2D eigenvalue weighted by atomic mass is 16.3. The number of nitrogen functional groups attached to an aromatic ring is 1. The minimum atomic E-state index is -0.699. The lowest BCUT2D eigenvalue weighted by Gasteiger charge is -2.15. The number of primary amides is 1. The number of phenols is 1. The van der Waals surface area contributed by atoms with Gasteiger partial charge in [0.05, 0.1) is 16.9 Å². The first-order valence-electron chi connectivity index (χ1n) is 8.16. The Morgan fingerprint density at radius 2 is 2.00 bits per heavy atom. The number of hydrogen-bond donors (Lipinski definition) is 4. The Balaban J connectivity index is 2.14. The third-order valence-corrected chi connectivity index (χ3v) is 4.60. The maximum Gasteiger partial charge on any atom is 0.254 e.